The normalized spacial score (nSPS) is 13.8. The molecular weight excluding hydrogens is 576 g/mol. The topological polar surface area (TPSA) is 84.9 Å². The molecule has 0 unspecified atom stereocenters. The van der Waals surface area contributed by atoms with E-state index in [4.69, 9.17) is 9.47 Å². The van der Waals surface area contributed by atoms with E-state index in [0.717, 1.165) is 42.7 Å². The van der Waals surface area contributed by atoms with E-state index in [9.17, 15) is 14.4 Å². The highest BCUT2D eigenvalue weighted by Crippen LogP contribution is 2.28. The Morgan fingerprint density at radius 2 is 1.46 bits per heavy atom. The molecule has 4 aromatic rings. The van der Waals surface area contributed by atoms with E-state index in [1.54, 1.807) is 30.3 Å². The summed E-state index contributed by atoms with van der Waals surface area (Å²) in [5.74, 6) is 0.488. The van der Waals surface area contributed by atoms with Crippen LogP contribution in [0, 0.1) is 5.92 Å². The first-order chi connectivity index (χ1) is 22.5. The number of esters is 1. The molecule has 0 spiro atoms. The molecule has 0 saturated heterocycles. The second kappa shape index (κ2) is 16.4. The predicted molar refractivity (Wildman–Crippen MR) is 181 cm³/mol. The molecule has 1 N–H and O–H groups in total. The minimum atomic E-state index is -0.702. The highest BCUT2D eigenvalue weighted by molar-refractivity contribution is 6.12. The molecule has 5 rings (SSSR count). The van der Waals surface area contributed by atoms with Crippen LogP contribution in [0.1, 0.15) is 60.0 Å². The number of hydrogen-bond acceptors (Lipinski definition) is 6. The molecule has 0 radical (unpaired) electrons. The Balaban J connectivity index is 1.18. The van der Waals surface area contributed by atoms with Crippen molar-refractivity contribution in [2.24, 2.45) is 5.92 Å². The summed E-state index contributed by atoms with van der Waals surface area (Å²) in [5.41, 5.74) is 3.47. The molecule has 1 atom stereocenters. The van der Waals surface area contributed by atoms with Gasteiger partial charge in [-0.3, -0.25) is 9.59 Å². The number of nitrogens with one attached hydrogen (secondary N) is 1. The van der Waals surface area contributed by atoms with Crippen molar-refractivity contribution >= 4 is 29.0 Å². The second-order valence-corrected chi connectivity index (χ2v) is 11.7. The number of benzene rings is 4. The monoisotopic (exact) mass is 618 g/mol. The van der Waals surface area contributed by atoms with E-state index in [1.165, 1.54) is 13.5 Å². The van der Waals surface area contributed by atoms with E-state index >= 15 is 0 Å². The van der Waals surface area contributed by atoms with Crippen molar-refractivity contribution in [2.45, 2.75) is 51.0 Å². The van der Waals surface area contributed by atoms with E-state index in [0.29, 0.717) is 42.8 Å². The first-order valence-electron chi connectivity index (χ1n) is 16.1. The maximum Gasteiger partial charge on any atom is 0.328 e. The van der Waals surface area contributed by atoms with Gasteiger partial charge in [-0.2, -0.15) is 0 Å². The number of ether oxygens (including phenoxy) is 2. The van der Waals surface area contributed by atoms with Gasteiger partial charge in [0, 0.05) is 41.4 Å². The number of carbonyl (C=O) groups excluding carboxylic acids is 3. The van der Waals surface area contributed by atoms with Crippen molar-refractivity contribution in [2.75, 3.05) is 30.5 Å². The molecule has 0 bridgehead atoms. The largest absolute Gasteiger partial charge is 0.494 e. The lowest BCUT2D eigenvalue weighted by Gasteiger charge is -2.29. The zero-order chi connectivity index (χ0) is 32.1. The minimum absolute atomic E-state index is 0.101. The summed E-state index contributed by atoms with van der Waals surface area (Å²) in [4.78, 5) is 41.4. The van der Waals surface area contributed by atoms with Crippen LogP contribution in [0.25, 0.3) is 0 Å². The van der Waals surface area contributed by atoms with Crippen molar-refractivity contribution < 1.29 is 23.9 Å². The molecule has 0 heterocycles. The average Bonchev–Trinajstić information content (AvgIpc) is 3.12. The van der Waals surface area contributed by atoms with Gasteiger partial charge in [0.05, 0.1) is 13.7 Å². The summed E-state index contributed by atoms with van der Waals surface area (Å²) in [5, 5.41) is 3.25. The van der Waals surface area contributed by atoms with E-state index in [-0.39, 0.29) is 17.6 Å². The molecule has 0 aliphatic heterocycles. The molecule has 1 aliphatic carbocycles. The van der Waals surface area contributed by atoms with Crippen LogP contribution in [0.4, 0.5) is 11.4 Å². The third kappa shape index (κ3) is 8.62. The van der Waals surface area contributed by atoms with Crippen molar-refractivity contribution in [3.63, 3.8) is 0 Å². The van der Waals surface area contributed by atoms with Gasteiger partial charge in [-0.05, 0) is 61.2 Å². The van der Waals surface area contributed by atoms with Crippen molar-refractivity contribution in [3.8, 4) is 5.75 Å². The zero-order valence-electron chi connectivity index (χ0n) is 26.4. The van der Waals surface area contributed by atoms with Gasteiger partial charge >= 0.3 is 5.97 Å². The summed E-state index contributed by atoms with van der Waals surface area (Å²) >= 11 is 0. The van der Waals surface area contributed by atoms with Crippen LogP contribution < -0.4 is 15.0 Å². The minimum Gasteiger partial charge on any atom is -0.494 e. The van der Waals surface area contributed by atoms with Crippen molar-refractivity contribution in [1.82, 2.24) is 0 Å². The molecule has 46 heavy (non-hydrogen) atoms. The van der Waals surface area contributed by atoms with Gasteiger partial charge in [-0.25, -0.2) is 4.79 Å². The van der Waals surface area contributed by atoms with Crippen LogP contribution in [0.3, 0.4) is 0 Å². The summed E-state index contributed by atoms with van der Waals surface area (Å²) in [6.07, 6.45) is 6.45. The van der Waals surface area contributed by atoms with Crippen LogP contribution in [0.15, 0.2) is 109 Å². The quantitative estimate of drug-likeness (QED) is 0.0895. The molecule has 238 valence electrons. The number of anilines is 2. The Kier molecular flexibility index (Phi) is 11.6. The first-order valence-corrected chi connectivity index (χ1v) is 16.1. The molecule has 7 nitrogen and oxygen atoms in total. The third-order valence-electron chi connectivity index (χ3n) is 8.47. The Bertz CT molecular complexity index is 1570. The van der Waals surface area contributed by atoms with Gasteiger partial charge in [-0.15, -0.1) is 0 Å². The van der Waals surface area contributed by atoms with Crippen LogP contribution in [-0.2, 0) is 20.7 Å². The van der Waals surface area contributed by atoms with Crippen LogP contribution >= 0.6 is 0 Å². The molecule has 1 saturated carbocycles. The van der Waals surface area contributed by atoms with E-state index in [1.807, 2.05) is 83.8 Å². The standard InChI is InChI=1S/C39H42N2O5/c1-45-39(44)36(40-35-21-12-11-20-34(35)37(42)30-14-5-2-6-15-30)28-29-22-24-33(25-23-29)46-27-13-26-41(32-18-9-4-10-19-32)38(43)31-16-7-3-8-17-31/h2,4-6,9-12,14-15,18-25,31,36,40H,3,7-8,13,16-17,26-28H2,1H3/t36-/m0/s1. The fraction of sp³-hybridized carbons (Fsp3) is 0.308. The van der Waals surface area contributed by atoms with E-state index < -0.39 is 12.0 Å². The number of para-hydroxylation sites is 2. The number of methoxy groups -OCH3 is 1. The fourth-order valence-corrected chi connectivity index (χ4v) is 5.99. The fourth-order valence-electron chi connectivity index (χ4n) is 5.99. The second-order valence-electron chi connectivity index (χ2n) is 11.7. The first kappa shape index (κ1) is 32.5. The number of amides is 1. The van der Waals surface area contributed by atoms with Crippen molar-refractivity contribution in [1.29, 1.82) is 0 Å². The molecule has 1 amide bonds. The number of hydrogen-bond donors (Lipinski definition) is 1. The van der Waals surface area contributed by atoms with Gasteiger partial charge in [0.2, 0.25) is 5.91 Å². The van der Waals surface area contributed by atoms with E-state index in [2.05, 4.69) is 5.32 Å². The summed E-state index contributed by atoms with van der Waals surface area (Å²) in [6.45, 7) is 1.07. The molecule has 0 aromatic heterocycles. The Morgan fingerprint density at radius 1 is 0.804 bits per heavy atom. The predicted octanol–water partition coefficient (Wildman–Crippen LogP) is 7.50. The molecular formula is C39H42N2O5. The molecule has 7 heteroatoms. The highest BCUT2D eigenvalue weighted by Gasteiger charge is 2.27. The zero-order valence-corrected chi connectivity index (χ0v) is 26.4. The lowest BCUT2D eigenvalue weighted by atomic mass is 9.88. The lowest BCUT2D eigenvalue weighted by Crippen LogP contribution is -2.38. The lowest BCUT2D eigenvalue weighted by molar-refractivity contribution is -0.141. The highest BCUT2D eigenvalue weighted by atomic mass is 16.5. The van der Waals surface area contributed by atoms with Crippen molar-refractivity contribution in [3.05, 3.63) is 126 Å². The summed E-state index contributed by atoms with van der Waals surface area (Å²) in [6, 6.07) is 33.1. The Labute approximate surface area is 271 Å². The van der Waals surface area contributed by atoms with Crippen LogP contribution in [0.2, 0.25) is 0 Å². The SMILES string of the molecule is COC(=O)[C@H](Cc1ccc(OCCCN(C(=O)C2CCCCC2)c2ccccc2)cc1)Nc1ccccc1C(=O)c1ccccc1. The average molecular weight is 619 g/mol. The summed E-state index contributed by atoms with van der Waals surface area (Å²) < 4.78 is 11.1. The number of carbonyl (C=O) groups is 3. The van der Waals surface area contributed by atoms with Gasteiger partial charge in [-0.1, -0.05) is 92.1 Å². The van der Waals surface area contributed by atoms with Crippen LogP contribution in [0.5, 0.6) is 5.75 Å². The van der Waals surface area contributed by atoms with Gasteiger partial charge < -0.3 is 19.7 Å². The van der Waals surface area contributed by atoms with Gasteiger partial charge in [0.25, 0.3) is 0 Å². The Morgan fingerprint density at radius 3 is 2.15 bits per heavy atom. The Hall–Kier alpha value is -4.91. The number of ketones is 1. The maximum absolute atomic E-state index is 13.4. The molecule has 1 aliphatic rings. The number of rotatable bonds is 14. The molecule has 1 fully saturated rings. The third-order valence-corrected chi connectivity index (χ3v) is 8.47. The molecule has 4 aromatic carbocycles. The van der Waals surface area contributed by atoms with Gasteiger partial charge in [0.1, 0.15) is 11.8 Å². The maximum atomic E-state index is 13.4. The summed E-state index contributed by atoms with van der Waals surface area (Å²) in [7, 11) is 1.36. The van der Waals surface area contributed by atoms with Gasteiger partial charge in [0.15, 0.2) is 5.78 Å². The number of nitrogens with zero attached hydrogens (tertiary/aromatic N) is 1. The van der Waals surface area contributed by atoms with Crippen LogP contribution in [-0.4, -0.2) is 44.0 Å². The smallest absolute Gasteiger partial charge is 0.328 e.